The smallest absolute Gasteiger partial charge is 0.408 e. The van der Waals surface area contributed by atoms with Gasteiger partial charge in [0.1, 0.15) is 18.9 Å². The molecule has 0 fully saturated rings. The van der Waals surface area contributed by atoms with Gasteiger partial charge in [0, 0.05) is 0 Å². The minimum absolute atomic E-state index is 0.120. The van der Waals surface area contributed by atoms with Crippen LogP contribution in [0.15, 0.2) is 60.7 Å². The molecule has 2 N–H and O–H groups in total. The Morgan fingerprint density at radius 1 is 1.00 bits per heavy atom. The van der Waals surface area contributed by atoms with Gasteiger partial charge in [-0.25, -0.2) is 4.79 Å². The van der Waals surface area contributed by atoms with Crippen LogP contribution in [0.2, 0.25) is 0 Å². The third-order valence-corrected chi connectivity index (χ3v) is 4.87. The highest BCUT2D eigenvalue weighted by Crippen LogP contribution is 2.06. The number of amides is 2. The molecule has 2 rings (SSSR count). The van der Waals surface area contributed by atoms with Crippen LogP contribution >= 0.6 is 11.8 Å². The third-order valence-electron chi connectivity index (χ3n) is 4.22. The molecule has 0 radical (unpaired) electrons. The van der Waals surface area contributed by atoms with Gasteiger partial charge in [-0.1, -0.05) is 60.7 Å². The fourth-order valence-corrected chi connectivity index (χ4v) is 3.17. The lowest BCUT2D eigenvalue weighted by Crippen LogP contribution is -2.50. The summed E-state index contributed by atoms with van der Waals surface area (Å²) in [6.07, 6.45) is 2.80. The van der Waals surface area contributed by atoms with Crippen LogP contribution in [0, 0.1) is 0 Å². The quantitative estimate of drug-likeness (QED) is 0.552. The summed E-state index contributed by atoms with van der Waals surface area (Å²) in [5.74, 6) is 0.283. The first kappa shape index (κ1) is 22.5. The van der Waals surface area contributed by atoms with E-state index in [1.165, 1.54) is 0 Å². The summed E-state index contributed by atoms with van der Waals surface area (Å²) in [6.45, 7) is 0.120. The highest BCUT2D eigenvalue weighted by atomic mass is 32.2. The Morgan fingerprint density at radius 2 is 1.62 bits per heavy atom. The molecule has 7 heteroatoms. The van der Waals surface area contributed by atoms with Crippen LogP contribution in [-0.2, 0) is 27.4 Å². The van der Waals surface area contributed by atoms with Crippen molar-refractivity contribution < 1.29 is 19.1 Å². The number of alkyl carbamates (subject to hydrolysis) is 1. The molecule has 0 heterocycles. The van der Waals surface area contributed by atoms with Gasteiger partial charge in [-0.05, 0) is 36.0 Å². The van der Waals surface area contributed by atoms with E-state index in [4.69, 9.17) is 4.74 Å². The number of rotatable bonds is 11. The molecule has 0 aromatic heterocycles. The van der Waals surface area contributed by atoms with Crippen LogP contribution in [0.5, 0.6) is 0 Å². The average Bonchev–Trinajstić information content (AvgIpc) is 2.76. The molecule has 0 spiro atoms. The zero-order chi connectivity index (χ0) is 20.9. The molecule has 29 heavy (non-hydrogen) atoms. The summed E-state index contributed by atoms with van der Waals surface area (Å²) in [5.41, 5.74) is 1.80. The Morgan fingerprint density at radius 3 is 2.21 bits per heavy atom. The minimum Gasteiger partial charge on any atom is -0.445 e. The van der Waals surface area contributed by atoms with E-state index in [-0.39, 0.29) is 6.61 Å². The number of benzene rings is 2. The van der Waals surface area contributed by atoms with Crippen LogP contribution in [0.3, 0.4) is 0 Å². The standard InChI is InChI=1S/C22H26N2O4S/c1-29-13-12-20(24-22(27)28-16-18-10-6-3-7-11-18)21(26)23-19(15-25)14-17-8-4-2-5-9-17/h2-11,15,19-20H,12-14,16H2,1H3,(H,23,26)(H,24,27)/t19-,20?/m0/s1. The summed E-state index contributed by atoms with van der Waals surface area (Å²) in [5, 5.41) is 5.33. The second-order valence-corrected chi connectivity index (χ2v) is 7.47. The van der Waals surface area contributed by atoms with Crippen LogP contribution in [0.25, 0.3) is 0 Å². The topological polar surface area (TPSA) is 84.5 Å². The number of thioether (sulfide) groups is 1. The van der Waals surface area contributed by atoms with E-state index in [2.05, 4.69) is 10.6 Å². The summed E-state index contributed by atoms with van der Waals surface area (Å²) >= 11 is 1.57. The van der Waals surface area contributed by atoms with Crippen LogP contribution in [-0.4, -0.2) is 42.4 Å². The maximum Gasteiger partial charge on any atom is 0.408 e. The highest BCUT2D eigenvalue weighted by molar-refractivity contribution is 7.98. The number of carbonyl (C=O) groups excluding carboxylic acids is 3. The Labute approximate surface area is 175 Å². The molecule has 0 aliphatic heterocycles. The Bertz CT molecular complexity index is 771. The maximum absolute atomic E-state index is 12.7. The second kappa shape index (κ2) is 12.6. The number of nitrogens with one attached hydrogen (secondary N) is 2. The maximum atomic E-state index is 12.7. The van der Waals surface area contributed by atoms with E-state index in [9.17, 15) is 14.4 Å². The van der Waals surface area contributed by atoms with Crippen molar-refractivity contribution in [1.29, 1.82) is 0 Å². The molecule has 6 nitrogen and oxygen atoms in total. The predicted molar refractivity (Wildman–Crippen MR) is 115 cm³/mol. The fourth-order valence-electron chi connectivity index (χ4n) is 2.70. The van der Waals surface area contributed by atoms with Gasteiger partial charge >= 0.3 is 6.09 Å². The molecule has 154 valence electrons. The van der Waals surface area contributed by atoms with Gasteiger partial charge in [0.25, 0.3) is 0 Å². The SMILES string of the molecule is CSCCC(NC(=O)OCc1ccccc1)C(=O)N[C@H](C=O)Cc1ccccc1. The molecule has 0 aliphatic rings. The Kier molecular flexibility index (Phi) is 9.78. The largest absolute Gasteiger partial charge is 0.445 e. The van der Waals surface area contributed by atoms with E-state index in [1.807, 2.05) is 66.9 Å². The van der Waals surface area contributed by atoms with Crippen molar-refractivity contribution in [2.24, 2.45) is 0 Å². The van der Waals surface area contributed by atoms with E-state index < -0.39 is 24.1 Å². The van der Waals surface area contributed by atoms with Crippen molar-refractivity contribution >= 4 is 30.0 Å². The highest BCUT2D eigenvalue weighted by Gasteiger charge is 2.23. The predicted octanol–water partition coefficient (Wildman–Crippen LogP) is 2.96. The number of carbonyl (C=O) groups is 3. The van der Waals surface area contributed by atoms with Crippen molar-refractivity contribution in [3.63, 3.8) is 0 Å². The first-order valence-electron chi connectivity index (χ1n) is 9.38. The molecule has 2 aromatic carbocycles. The zero-order valence-corrected chi connectivity index (χ0v) is 17.2. The monoisotopic (exact) mass is 414 g/mol. The summed E-state index contributed by atoms with van der Waals surface area (Å²) in [4.78, 5) is 36.3. The first-order chi connectivity index (χ1) is 14.1. The molecule has 0 saturated heterocycles. The van der Waals surface area contributed by atoms with Crippen LogP contribution < -0.4 is 10.6 Å². The van der Waals surface area contributed by atoms with Gasteiger partial charge < -0.3 is 20.2 Å². The average molecular weight is 415 g/mol. The van der Waals surface area contributed by atoms with E-state index in [1.54, 1.807) is 11.8 Å². The van der Waals surface area contributed by atoms with Gasteiger partial charge in [0.05, 0.1) is 6.04 Å². The molecule has 0 bridgehead atoms. The normalized spacial score (nSPS) is 12.4. The van der Waals surface area contributed by atoms with Crippen molar-refractivity contribution in [1.82, 2.24) is 10.6 Å². The zero-order valence-electron chi connectivity index (χ0n) is 16.4. The van der Waals surface area contributed by atoms with E-state index in [0.29, 0.717) is 24.9 Å². The van der Waals surface area contributed by atoms with E-state index in [0.717, 1.165) is 11.1 Å². The number of ether oxygens (including phenoxy) is 1. The van der Waals surface area contributed by atoms with E-state index >= 15 is 0 Å². The molecular weight excluding hydrogens is 388 g/mol. The van der Waals surface area contributed by atoms with Gasteiger partial charge in [0.15, 0.2) is 0 Å². The van der Waals surface area contributed by atoms with Crippen LogP contribution in [0.1, 0.15) is 17.5 Å². The van der Waals surface area contributed by atoms with Crippen molar-refractivity contribution in [3.8, 4) is 0 Å². The lowest BCUT2D eigenvalue weighted by atomic mass is 10.1. The molecule has 1 unspecified atom stereocenters. The second-order valence-electron chi connectivity index (χ2n) is 6.48. The summed E-state index contributed by atoms with van der Waals surface area (Å²) < 4.78 is 5.21. The molecule has 2 amide bonds. The van der Waals surface area contributed by atoms with Crippen molar-refractivity contribution in [3.05, 3.63) is 71.8 Å². The van der Waals surface area contributed by atoms with Gasteiger partial charge in [-0.3, -0.25) is 4.79 Å². The molecule has 2 aromatic rings. The molecule has 2 atom stereocenters. The fraction of sp³-hybridized carbons (Fsp3) is 0.318. The van der Waals surface area contributed by atoms with Crippen LogP contribution in [0.4, 0.5) is 4.79 Å². The summed E-state index contributed by atoms with van der Waals surface area (Å²) in [7, 11) is 0. The first-order valence-corrected chi connectivity index (χ1v) is 10.8. The summed E-state index contributed by atoms with van der Waals surface area (Å²) in [6, 6.07) is 17.3. The lowest BCUT2D eigenvalue weighted by Gasteiger charge is -2.20. The number of aldehydes is 1. The van der Waals surface area contributed by atoms with Gasteiger partial charge in [0.2, 0.25) is 5.91 Å². The van der Waals surface area contributed by atoms with Gasteiger partial charge in [-0.2, -0.15) is 11.8 Å². The Balaban J connectivity index is 1.91. The molecule has 0 saturated carbocycles. The number of hydrogen-bond acceptors (Lipinski definition) is 5. The Hall–Kier alpha value is -2.80. The van der Waals surface area contributed by atoms with Crippen molar-refractivity contribution in [2.75, 3.05) is 12.0 Å². The van der Waals surface area contributed by atoms with Crippen molar-refractivity contribution in [2.45, 2.75) is 31.5 Å². The lowest BCUT2D eigenvalue weighted by molar-refractivity contribution is -0.125. The minimum atomic E-state index is -0.774. The third kappa shape index (κ3) is 8.39. The molecule has 0 aliphatic carbocycles. The van der Waals surface area contributed by atoms with Gasteiger partial charge in [-0.15, -0.1) is 0 Å². The molecular formula is C22H26N2O4S. The number of hydrogen-bond donors (Lipinski definition) is 2.